The van der Waals surface area contributed by atoms with E-state index in [2.05, 4.69) is 19.6 Å². The summed E-state index contributed by atoms with van der Waals surface area (Å²) < 4.78 is 8.94. The van der Waals surface area contributed by atoms with E-state index >= 15 is 0 Å². The van der Waals surface area contributed by atoms with Crippen molar-refractivity contribution < 1.29 is 9.26 Å². The molecule has 0 radical (unpaired) electrons. The van der Waals surface area contributed by atoms with Gasteiger partial charge in [-0.05, 0) is 5.18 Å². The van der Waals surface area contributed by atoms with Crippen molar-refractivity contribution in [3.8, 4) is 0 Å². The number of nitroso groups, excluding NO2 is 1. The molecule has 0 aliphatic heterocycles. The number of aromatic amines is 1. The van der Waals surface area contributed by atoms with Crippen LogP contribution in [0.1, 0.15) is 5.69 Å². The largest absolute Gasteiger partial charge is 0.386 e. The Morgan fingerprint density at radius 2 is 2.45 bits per heavy atom. The molecule has 0 saturated heterocycles. The molecule has 1 heterocycles. The number of H-pyrrole nitrogens is 1. The number of hydrogen-bond acceptors (Lipinski definition) is 5. The van der Waals surface area contributed by atoms with Crippen molar-refractivity contribution >= 4 is 5.69 Å². The summed E-state index contributed by atoms with van der Waals surface area (Å²) in [6.07, 6.45) is 0. The van der Waals surface area contributed by atoms with E-state index in [1.165, 1.54) is 7.11 Å². The zero-order chi connectivity index (χ0) is 8.27. The third-order valence-electron chi connectivity index (χ3n) is 1.13. The van der Waals surface area contributed by atoms with Gasteiger partial charge in [-0.25, -0.2) is 9.95 Å². The molecule has 0 bridgehead atoms. The predicted molar refractivity (Wildman–Crippen MR) is 35.5 cm³/mol. The van der Waals surface area contributed by atoms with Gasteiger partial charge in [0.05, 0.1) is 6.61 Å². The van der Waals surface area contributed by atoms with E-state index in [0.717, 1.165) is 0 Å². The highest BCUT2D eigenvalue weighted by molar-refractivity contribution is 5.36. The van der Waals surface area contributed by atoms with Gasteiger partial charge in [-0.1, -0.05) is 0 Å². The molecule has 0 aliphatic carbocycles. The number of rotatable bonds is 3. The molecule has 11 heavy (non-hydrogen) atoms. The first-order valence-electron chi connectivity index (χ1n) is 2.82. The lowest BCUT2D eigenvalue weighted by atomic mass is 10.4. The molecule has 0 atom stereocenters. The van der Waals surface area contributed by atoms with Crippen LogP contribution in [0.3, 0.4) is 0 Å². The third-order valence-corrected chi connectivity index (χ3v) is 1.13. The summed E-state index contributed by atoms with van der Waals surface area (Å²) in [5, 5.41) is 4.70. The second-order valence-corrected chi connectivity index (χ2v) is 1.84. The van der Waals surface area contributed by atoms with Crippen LogP contribution in [0, 0.1) is 4.91 Å². The van der Waals surface area contributed by atoms with Gasteiger partial charge in [0.1, 0.15) is 5.69 Å². The molecule has 1 rings (SSSR count). The Labute approximate surface area is 61.1 Å². The summed E-state index contributed by atoms with van der Waals surface area (Å²) in [7, 11) is 1.43. The van der Waals surface area contributed by atoms with Crippen LogP contribution in [0.15, 0.2) is 14.5 Å². The number of aromatic nitrogens is 1. The normalized spacial score (nSPS) is 9.91. The zero-order valence-electron chi connectivity index (χ0n) is 5.79. The Balaban J connectivity index is 3.05. The van der Waals surface area contributed by atoms with Gasteiger partial charge in [0.15, 0.2) is 0 Å². The van der Waals surface area contributed by atoms with Crippen molar-refractivity contribution in [3.05, 3.63) is 21.0 Å². The Morgan fingerprint density at radius 1 is 1.73 bits per heavy atom. The lowest BCUT2D eigenvalue weighted by Crippen LogP contribution is -1.92. The maximum Gasteiger partial charge on any atom is 0.386 e. The van der Waals surface area contributed by atoms with Crippen LogP contribution in [-0.4, -0.2) is 12.3 Å². The van der Waals surface area contributed by atoms with Crippen molar-refractivity contribution in [2.75, 3.05) is 7.11 Å². The molecule has 1 N–H and O–H groups in total. The minimum absolute atomic E-state index is 0.104. The van der Waals surface area contributed by atoms with Gasteiger partial charge in [0.25, 0.3) is 0 Å². The van der Waals surface area contributed by atoms with Gasteiger partial charge in [-0.2, -0.15) is 0 Å². The highest BCUT2D eigenvalue weighted by atomic mass is 16.5. The third kappa shape index (κ3) is 1.35. The number of ether oxygens (including phenoxy) is 1. The molecule has 0 aromatic carbocycles. The van der Waals surface area contributed by atoms with E-state index in [1.54, 1.807) is 0 Å². The topological polar surface area (TPSA) is 84.7 Å². The molecule has 0 saturated carbocycles. The minimum atomic E-state index is -0.771. The Morgan fingerprint density at radius 3 is 3.00 bits per heavy atom. The average Bonchev–Trinajstić information content (AvgIpc) is 2.33. The Hall–Kier alpha value is -1.43. The number of hydrogen-bond donors (Lipinski definition) is 1. The number of methoxy groups -OCH3 is 1. The van der Waals surface area contributed by atoms with E-state index in [1.807, 2.05) is 0 Å². The minimum Gasteiger partial charge on any atom is -0.378 e. The summed E-state index contributed by atoms with van der Waals surface area (Å²) in [4.78, 5) is 20.6. The monoisotopic (exact) mass is 158 g/mol. The van der Waals surface area contributed by atoms with Gasteiger partial charge in [-0.3, -0.25) is 0 Å². The fraction of sp³-hybridized carbons (Fsp3) is 0.400. The maximum absolute atomic E-state index is 10.6. The molecule has 0 fully saturated rings. The number of nitrogens with one attached hydrogen (secondary N) is 1. The maximum atomic E-state index is 10.6. The first-order valence-corrected chi connectivity index (χ1v) is 2.82. The summed E-state index contributed by atoms with van der Waals surface area (Å²) in [6, 6.07) is 0. The van der Waals surface area contributed by atoms with Crippen molar-refractivity contribution in [1.82, 2.24) is 5.16 Å². The quantitative estimate of drug-likeness (QED) is 0.649. The van der Waals surface area contributed by atoms with Crippen LogP contribution >= 0.6 is 0 Å². The molecule has 0 aliphatic rings. The zero-order valence-corrected chi connectivity index (χ0v) is 5.79. The number of nitrogens with zero attached hydrogens (tertiary/aromatic N) is 1. The van der Waals surface area contributed by atoms with Crippen LogP contribution in [0.4, 0.5) is 5.69 Å². The first-order chi connectivity index (χ1) is 5.29. The molecule has 6 nitrogen and oxygen atoms in total. The molecule has 60 valence electrons. The molecule has 1 aromatic heterocycles. The standard InChI is InChI=1S/C5H6N2O4/c1-10-2-3-4(6-9)5(8)11-7-3/h7H,2H2,1H3. The van der Waals surface area contributed by atoms with Gasteiger partial charge in [0.2, 0.25) is 5.69 Å². The van der Waals surface area contributed by atoms with E-state index in [0.29, 0.717) is 0 Å². The summed E-state index contributed by atoms with van der Waals surface area (Å²) in [6.45, 7) is 0.104. The van der Waals surface area contributed by atoms with E-state index in [-0.39, 0.29) is 18.0 Å². The highest BCUT2D eigenvalue weighted by Crippen LogP contribution is 2.11. The average molecular weight is 158 g/mol. The molecule has 0 unspecified atom stereocenters. The van der Waals surface area contributed by atoms with E-state index in [4.69, 9.17) is 0 Å². The molecule has 0 amide bonds. The second-order valence-electron chi connectivity index (χ2n) is 1.84. The molecule has 0 spiro atoms. The lowest BCUT2D eigenvalue weighted by Gasteiger charge is -1.90. The SMILES string of the molecule is COCc1[nH]oc(=O)c1N=O. The van der Waals surface area contributed by atoms with Crippen LogP contribution in [0.2, 0.25) is 0 Å². The van der Waals surface area contributed by atoms with Crippen molar-refractivity contribution in [1.29, 1.82) is 0 Å². The highest BCUT2D eigenvalue weighted by Gasteiger charge is 2.11. The van der Waals surface area contributed by atoms with Gasteiger partial charge >= 0.3 is 5.63 Å². The van der Waals surface area contributed by atoms with E-state index in [9.17, 15) is 9.70 Å². The van der Waals surface area contributed by atoms with Gasteiger partial charge < -0.3 is 9.26 Å². The van der Waals surface area contributed by atoms with Crippen molar-refractivity contribution in [2.45, 2.75) is 6.61 Å². The fourth-order valence-electron chi connectivity index (χ4n) is 0.662. The lowest BCUT2D eigenvalue weighted by molar-refractivity contribution is 0.177. The van der Waals surface area contributed by atoms with Crippen molar-refractivity contribution in [2.24, 2.45) is 5.18 Å². The van der Waals surface area contributed by atoms with Crippen molar-refractivity contribution in [3.63, 3.8) is 0 Å². The second kappa shape index (κ2) is 3.11. The van der Waals surface area contributed by atoms with Gasteiger partial charge in [0, 0.05) is 7.11 Å². The van der Waals surface area contributed by atoms with Gasteiger partial charge in [-0.15, -0.1) is 4.91 Å². The molecular formula is C5H6N2O4. The molecule has 6 heteroatoms. The molecular weight excluding hydrogens is 152 g/mol. The Kier molecular flexibility index (Phi) is 2.17. The summed E-state index contributed by atoms with van der Waals surface area (Å²) >= 11 is 0. The van der Waals surface area contributed by atoms with Crippen LogP contribution in [0.25, 0.3) is 0 Å². The molecule has 1 aromatic rings. The predicted octanol–water partition coefficient (Wildman–Crippen LogP) is 0.512. The fourth-order valence-corrected chi connectivity index (χ4v) is 0.662. The smallest absolute Gasteiger partial charge is 0.378 e. The first kappa shape index (κ1) is 7.67. The summed E-state index contributed by atoms with van der Waals surface area (Å²) in [5.74, 6) is 0. The Bertz CT molecular complexity index is 300. The summed E-state index contributed by atoms with van der Waals surface area (Å²) in [5.41, 5.74) is -0.772. The van der Waals surface area contributed by atoms with E-state index < -0.39 is 5.63 Å². The van der Waals surface area contributed by atoms with Crippen LogP contribution in [0.5, 0.6) is 0 Å². The van der Waals surface area contributed by atoms with Crippen LogP contribution < -0.4 is 5.63 Å². The van der Waals surface area contributed by atoms with Crippen LogP contribution in [-0.2, 0) is 11.3 Å².